The summed E-state index contributed by atoms with van der Waals surface area (Å²) in [6.07, 6.45) is -3.58. The van der Waals surface area contributed by atoms with Gasteiger partial charge in [-0.05, 0) is 38.6 Å². The van der Waals surface area contributed by atoms with Gasteiger partial charge in [0.2, 0.25) is 5.89 Å². The van der Waals surface area contributed by atoms with Crippen molar-refractivity contribution < 1.29 is 27.5 Å². The summed E-state index contributed by atoms with van der Waals surface area (Å²) < 4.78 is 44.0. The van der Waals surface area contributed by atoms with Gasteiger partial charge in [0.25, 0.3) is 5.91 Å². The molecule has 1 saturated heterocycles. The number of oxazole rings is 1. The number of likely N-dealkylation sites (N-methyl/N-ethyl adjacent to an activating group) is 1. The van der Waals surface area contributed by atoms with Crippen LogP contribution in [-0.2, 0) is 19.3 Å². The predicted octanol–water partition coefficient (Wildman–Crippen LogP) is 2.44. The molecule has 194 valence electrons. The number of hydrogen-bond acceptors (Lipinski definition) is 7. The Labute approximate surface area is 203 Å². The second-order valence-corrected chi connectivity index (χ2v) is 9.27. The van der Waals surface area contributed by atoms with Crippen LogP contribution in [0, 0.1) is 0 Å². The van der Waals surface area contributed by atoms with Crippen molar-refractivity contribution in [3.8, 4) is 0 Å². The molecule has 2 aromatic rings. The first-order valence-corrected chi connectivity index (χ1v) is 11.7. The van der Waals surface area contributed by atoms with E-state index in [2.05, 4.69) is 38.8 Å². The van der Waals surface area contributed by atoms with Crippen LogP contribution < -0.4 is 5.32 Å². The molecule has 0 bridgehead atoms. The molecule has 3 rings (SSSR count). The van der Waals surface area contributed by atoms with E-state index in [0.717, 1.165) is 38.3 Å². The third-order valence-corrected chi connectivity index (χ3v) is 6.16. The molecule has 1 amide bonds. The largest absolute Gasteiger partial charge is 0.447 e. The molecule has 11 heteroatoms. The Morgan fingerprint density at radius 1 is 1.23 bits per heavy atom. The van der Waals surface area contributed by atoms with Crippen molar-refractivity contribution in [3.05, 3.63) is 53.2 Å². The SMILES string of the molecule is CC(C)N(C)CC(O)CN1CCN(Cc2nc(C(=O)NCc3cccc(C(F)(F)F)c3)co2)CC1. The summed E-state index contributed by atoms with van der Waals surface area (Å²) in [4.78, 5) is 23.1. The monoisotopic (exact) mass is 497 g/mol. The number of piperazine rings is 1. The van der Waals surface area contributed by atoms with Crippen molar-refractivity contribution in [2.24, 2.45) is 0 Å². The number of hydrogen-bond donors (Lipinski definition) is 2. The van der Waals surface area contributed by atoms with Gasteiger partial charge in [0, 0.05) is 51.9 Å². The van der Waals surface area contributed by atoms with Gasteiger partial charge < -0.3 is 19.7 Å². The molecule has 1 aromatic heterocycles. The van der Waals surface area contributed by atoms with Gasteiger partial charge in [0.1, 0.15) is 6.26 Å². The van der Waals surface area contributed by atoms with Crippen LogP contribution in [0.4, 0.5) is 13.2 Å². The normalized spacial score (nSPS) is 16.7. The smallest absolute Gasteiger partial charge is 0.416 e. The van der Waals surface area contributed by atoms with E-state index in [1.54, 1.807) is 0 Å². The maximum atomic E-state index is 12.8. The number of aliphatic hydroxyl groups is 1. The first-order valence-electron chi connectivity index (χ1n) is 11.7. The van der Waals surface area contributed by atoms with Crippen molar-refractivity contribution in [1.82, 2.24) is 25.0 Å². The molecule has 1 aliphatic rings. The lowest BCUT2D eigenvalue weighted by atomic mass is 10.1. The van der Waals surface area contributed by atoms with Crippen LogP contribution >= 0.6 is 0 Å². The second-order valence-electron chi connectivity index (χ2n) is 9.27. The van der Waals surface area contributed by atoms with E-state index in [4.69, 9.17) is 4.42 Å². The minimum atomic E-state index is -4.43. The minimum Gasteiger partial charge on any atom is -0.447 e. The molecule has 2 N–H and O–H groups in total. The number of amides is 1. The van der Waals surface area contributed by atoms with Gasteiger partial charge in [-0.1, -0.05) is 12.1 Å². The number of halogens is 3. The molecule has 1 unspecified atom stereocenters. The molecule has 0 aliphatic carbocycles. The molecule has 1 atom stereocenters. The summed E-state index contributed by atoms with van der Waals surface area (Å²) in [5.74, 6) is -0.108. The van der Waals surface area contributed by atoms with E-state index in [1.807, 2.05) is 7.05 Å². The zero-order valence-corrected chi connectivity index (χ0v) is 20.4. The van der Waals surface area contributed by atoms with Crippen molar-refractivity contribution in [3.63, 3.8) is 0 Å². The lowest BCUT2D eigenvalue weighted by Gasteiger charge is -2.35. The van der Waals surface area contributed by atoms with E-state index in [1.165, 1.54) is 18.4 Å². The second kappa shape index (κ2) is 12.0. The van der Waals surface area contributed by atoms with Gasteiger partial charge in [-0.3, -0.25) is 14.6 Å². The maximum absolute atomic E-state index is 12.8. The number of carbonyl (C=O) groups is 1. The predicted molar refractivity (Wildman–Crippen MR) is 125 cm³/mol. The number of carbonyl (C=O) groups excluding carboxylic acids is 1. The number of nitrogens with one attached hydrogen (secondary N) is 1. The number of alkyl halides is 3. The Bertz CT molecular complexity index is 958. The van der Waals surface area contributed by atoms with Gasteiger partial charge in [-0.25, -0.2) is 4.98 Å². The van der Waals surface area contributed by atoms with Crippen LogP contribution in [0.1, 0.15) is 41.4 Å². The first-order chi connectivity index (χ1) is 16.5. The van der Waals surface area contributed by atoms with E-state index < -0.39 is 23.8 Å². The summed E-state index contributed by atoms with van der Waals surface area (Å²) in [6, 6.07) is 5.21. The van der Waals surface area contributed by atoms with E-state index in [9.17, 15) is 23.1 Å². The summed E-state index contributed by atoms with van der Waals surface area (Å²) in [6.45, 7) is 9.05. The number of nitrogens with zero attached hydrogens (tertiary/aromatic N) is 4. The zero-order chi connectivity index (χ0) is 25.6. The highest BCUT2D eigenvalue weighted by atomic mass is 19.4. The summed E-state index contributed by atoms with van der Waals surface area (Å²) >= 11 is 0. The van der Waals surface area contributed by atoms with Gasteiger partial charge >= 0.3 is 6.18 Å². The van der Waals surface area contributed by atoms with Gasteiger partial charge in [-0.15, -0.1) is 0 Å². The average molecular weight is 498 g/mol. The standard InChI is InChI=1S/C24H34F3N5O3/c1-17(2)30(3)13-20(33)14-31-7-9-32(10-8-31)15-22-29-21(16-35-22)23(34)28-12-18-5-4-6-19(11-18)24(25,26)27/h4-6,11,16-17,20,33H,7-10,12-15H2,1-3H3,(H,28,34). The van der Waals surface area contributed by atoms with Crippen LogP contribution in [0.2, 0.25) is 0 Å². The first kappa shape index (κ1) is 27.1. The van der Waals surface area contributed by atoms with Crippen molar-refractivity contribution in [1.29, 1.82) is 0 Å². The van der Waals surface area contributed by atoms with Crippen LogP contribution in [0.3, 0.4) is 0 Å². The number of rotatable bonds is 10. The zero-order valence-electron chi connectivity index (χ0n) is 20.4. The molecular weight excluding hydrogens is 463 g/mol. The Kier molecular flexibility index (Phi) is 9.28. The maximum Gasteiger partial charge on any atom is 0.416 e. The highest BCUT2D eigenvalue weighted by molar-refractivity contribution is 5.91. The molecule has 2 heterocycles. The van der Waals surface area contributed by atoms with Crippen LogP contribution in [0.15, 0.2) is 34.9 Å². The number of aliphatic hydroxyl groups excluding tert-OH is 1. The van der Waals surface area contributed by atoms with Crippen molar-refractivity contribution >= 4 is 5.91 Å². The highest BCUT2D eigenvalue weighted by Gasteiger charge is 2.30. The lowest BCUT2D eigenvalue weighted by molar-refractivity contribution is -0.137. The van der Waals surface area contributed by atoms with E-state index in [0.29, 0.717) is 37.1 Å². The van der Waals surface area contributed by atoms with E-state index in [-0.39, 0.29) is 12.2 Å². The molecule has 0 saturated carbocycles. The van der Waals surface area contributed by atoms with Crippen molar-refractivity contribution in [2.45, 2.75) is 45.3 Å². The molecular formula is C24H34F3N5O3. The molecule has 1 aliphatic heterocycles. The fourth-order valence-corrected chi connectivity index (χ4v) is 3.84. The Balaban J connectivity index is 1.42. The van der Waals surface area contributed by atoms with Crippen LogP contribution in [-0.4, -0.2) is 89.2 Å². The third-order valence-electron chi connectivity index (χ3n) is 6.16. The van der Waals surface area contributed by atoms with Gasteiger partial charge in [-0.2, -0.15) is 13.2 Å². The Morgan fingerprint density at radius 2 is 1.91 bits per heavy atom. The average Bonchev–Trinajstić information content (AvgIpc) is 3.27. The topological polar surface area (TPSA) is 85.1 Å². The lowest BCUT2D eigenvalue weighted by Crippen LogP contribution is -2.49. The van der Waals surface area contributed by atoms with Gasteiger partial charge in [0.15, 0.2) is 5.69 Å². The number of aromatic nitrogens is 1. The van der Waals surface area contributed by atoms with Crippen molar-refractivity contribution in [2.75, 3.05) is 46.3 Å². The molecule has 8 nitrogen and oxygen atoms in total. The number of benzene rings is 1. The summed E-state index contributed by atoms with van der Waals surface area (Å²) in [5, 5.41) is 12.9. The highest BCUT2D eigenvalue weighted by Crippen LogP contribution is 2.29. The Morgan fingerprint density at radius 3 is 2.57 bits per heavy atom. The van der Waals surface area contributed by atoms with E-state index >= 15 is 0 Å². The molecule has 1 aromatic carbocycles. The van der Waals surface area contributed by atoms with Gasteiger partial charge in [0.05, 0.1) is 18.2 Å². The van der Waals surface area contributed by atoms with Crippen LogP contribution in [0.25, 0.3) is 0 Å². The van der Waals surface area contributed by atoms with Crippen LogP contribution in [0.5, 0.6) is 0 Å². The third kappa shape index (κ3) is 8.31. The fourth-order valence-electron chi connectivity index (χ4n) is 3.84. The Hall–Kier alpha value is -2.47. The molecule has 0 radical (unpaired) electrons. The molecule has 35 heavy (non-hydrogen) atoms. The minimum absolute atomic E-state index is 0.0499. The quantitative estimate of drug-likeness (QED) is 0.522. The molecule has 1 fully saturated rings. The number of β-amino-alcohol motifs (C(OH)–C–C–N with tert-alkyl or cyclic N) is 1. The fraction of sp³-hybridized carbons (Fsp3) is 0.583. The molecule has 0 spiro atoms. The summed E-state index contributed by atoms with van der Waals surface area (Å²) in [7, 11) is 2.00. The summed E-state index contributed by atoms with van der Waals surface area (Å²) in [5.41, 5.74) is -0.329.